The SMILES string of the molecule is O=C(O)CC(NC(=O)c1ncccc1Br)C(=O)O. The summed E-state index contributed by atoms with van der Waals surface area (Å²) in [6.07, 6.45) is 0.665. The molecular weight excluding hydrogens is 308 g/mol. The first-order valence-electron chi connectivity index (χ1n) is 4.77. The van der Waals surface area contributed by atoms with Gasteiger partial charge in [-0.3, -0.25) is 9.59 Å². The first kappa shape index (κ1) is 14.1. The summed E-state index contributed by atoms with van der Waals surface area (Å²) in [7, 11) is 0. The van der Waals surface area contributed by atoms with Crippen molar-refractivity contribution in [2.45, 2.75) is 12.5 Å². The van der Waals surface area contributed by atoms with Gasteiger partial charge < -0.3 is 15.5 Å². The number of pyridine rings is 1. The zero-order valence-corrected chi connectivity index (χ0v) is 10.5. The van der Waals surface area contributed by atoms with E-state index in [9.17, 15) is 14.4 Å². The normalized spacial score (nSPS) is 11.6. The molecule has 0 spiro atoms. The molecule has 0 saturated heterocycles. The molecule has 0 aliphatic rings. The van der Waals surface area contributed by atoms with Crippen LogP contribution < -0.4 is 5.32 Å². The van der Waals surface area contributed by atoms with Gasteiger partial charge in [-0.25, -0.2) is 9.78 Å². The van der Waals surface area contributed by atoms with Crippen LogP contribution in [0.5, 0.6) is 0 Å². The fourth-order valence-corrected chi connectivity index (χ4v) is 1.59. The molecule has 0 fully saturated rings. The van der Waals surface area contributed by atoms with Gasteiger partial charge >= 0.3 is 11.9 Å². The Morgan fingerprint density at radius 1 is 1.39 bits per heavy atom. The highest BCUT2D eigenvalue weighted by Crippen LogP contribution is 2.13. The summed E-state index contributed by atoms with van der Waals surface area (Å²) in [6, 6.07) is 1.66. The van der Waals surface area contributed by atoms with Gasteiger partial charge in [0.2, 0.25) is 0 Å². The molecule has 8 heteroatoms. The van der Waals surface area contributed by atoms with E-state index < -0.39 is 30.3 Å². The third-order valence-corrected chi connectivity index (χ3v) is 2.60. The molecule has 0 aliphatic heterocycles. The second-order valence-electron chi connectivity index (χ2n) is 3.30. The summed E-state index contributed by atoms with van der Waals surface area (Å²) in [4.78, 5) is 36.7. The number of carboxylic acid groups (broad SMARTS) is 2. The largest absolute Gasteiger partial charge is 0.481 e. The second-order valence-corrected chi connectivity index (χ2v) is 4.15. The highest BCUT2D eigenvalue weighted by Gasteiger charge is 2.24. The quantitative estimate of drug-likeness (QED) is 0.728. The number of nitrogens with zero attached hydrogens (tertiary/aromatic N) is 1. The number of amides is 1. The smallest absolute Gasteiger partial charge is 0.326 e. The zero-order valence-electron chi connectivity index (χ0n) is 8.96. The number of hydrogen-bond acceptors (Lipinski definition) is 4. The van der Waals surface area contributed by atoms with Gasteiger partial charge in [-0.15, -0.1) is 0 Å². The van der Waals surface area contributed by atoms with E-state index in [2.05, 4.69) is 26.2 Å². The summed E-state index contributed by atoms with van der Waals surface area (Å²) in [5, 5.41) is 19.4. The molecule has 0 aliphatic carbocycles. The monoisotopic (exact) mass is 316 g/mol. The van der Waals surface area contributed by atoms with Crippen molar-refractivity contribution in [1.29, 1.82) is 0 Å². The van der Waals surface area contributed by atoms with E-state index in [0.29, 0.717) is 4.47 Å². The van der Waals surface area contributed by atoms with Gasteiger partial charge in [0.15, 0.2) is 0 Å². The molecule has 1 aromatic heterocycles. The lowest BCUT2D eigenvalue weighted by atomic mass is 10.2. The van der Waals surface area contributed by atoms with Gasteiger partial charge in [-0.2, -0.15) is 0 Å². The molecule has 0 aromatic carbocycles. The summed E-state index contributed by atoms with van der Waals surface area (Å²) < 4.78 is 0.391. The maximum Gasteiger partial charge on any atom is 0.326 e. The number of carbonyl (C=O) groups excluding carboxylic acids is 1. The van der Waals surface area contributed by atoms with Crippen LogP contribution in [0.25, 0.3) is 0 Å². The third kappa shape index (κ3) is 3.81. The minimum absolute atomic E-state index is 0.00543. The topological polar surface area (TPSA) is 117 Å². The fraction of sp³-hybridized carbons (Fsp3) is 0.200. The number of aromatic nitrogens is 1. The Labute approximate surface area is 110 Å². The number of halogens is 1. The van der Waals surface area contributed by atoms with E-state index in [4.69, 9.17) is 10.2 Å². The molecule has 96 valence electrons. The second kappa shape index (κ2) is 6.10. The van der Waals surface area contributed by atoms with Crippen LogP contribution in [0.3, 0.4) is 0 Å². The Morgan fingerprint density at radius 2 is 2.06 bits per heavy atom. The molecule has 1 amide bonds. The standard InChI is InChI=1S/C10H9BrN2O5/c11-5-2-1-3-12-8(5)9(16)13-6(10(17)18)4-7(14)15/h1-3,6H,4H2,(H,13,16)(H,14,15)(H,17,18). The Bertz CT molecular complexity index is 491. The van der Waals surface area contributed by atoms with E-state index in [-0.39, 0.29) is 5.69 Å². The summed E-state index contributed by atoms with van der Waals surface area (Å²) in [6.45, 7) is 0. The van der Waals surface area contributed by atoms with Crippen molar-refractivity contribution in [2.24, 2.45) is 0 Å². The first-order chi connectivity index (χ1) is 8.41. The minimum atomic E-state index is -1.50. The predicted molar refractivity (Wildman–Crippen MR) is 63.1 cm³/mol. The summed E-state index contributed by atoms with van der Waals surface area (Å²) in [5.74, 6) is -3.49. The molecule has 1 unspecified atom stereocenters. The molecule has 3 N–H and O–H groups in total. The average molecular weight is 317 g/mol. The van der Waals surface area contributed by atoms with Crippen molar-refractivity contribution in [3.8, 4) is 0 Å². The fourth-order valence-electron chi connectivity index (χ4n) is 1.15. The van der Waals surface area contributed by atoms with Crippen LogP contribution in [-0.4, -0.2) is 39.1 Å². The Kier molecular flexibility index (Phi) is 4.78. The highest BCUT2D eigenvalue weighted by atomic mass is 79.9. The van der Waals surface area contributed by atoms with Gasteiger partial charge in [0.1, 0.15) is 11.7 Å². The Hall–Kier alpha value is -1.96. The number of carboxylic acids is 2. The van der Waals surface area contributed by atoms with Crippen LogP contribution in [0.15, 0.2) is 22.8 Å². The van der Waals surface area contributed by atoms with Crippen LogP contribution in [0.2, 0.25) is 0 Å². The van der Waals surface area contributed by atoms with E-state index in [1.807, 2.05) is 0 Å². The van der Waals surface area contributed by atoms with Crippen LogP contribution in [0.1, 0.15) is 16.9 Å². The highest BCUT2D eigenvalue weighted by molar-refractivity contribution is 9.10. The number of hydrogen-bond donors (Lipinski definition) is 3. The Morgan fingerprint density at radius 3 is 2.56 bits per heavy atom. The summed E-state index contributed by atoms with van der Waals surface area (Å²) >= 11 is 3.09. The molecule has 1 heterocycles. The average Bonchev–Trinajstić information content (AvgIpc) is 2.27. The number of rotatable bonds is 5. The zero-order chi connectivity index (χ0) is 13.7. The maximum atomic E-state index is 11.7. The molecule has 18 heavy (non-hydrogen) atoms. The lowest BCUT2D eigenvalue weighted by Crippen LogP contribution is -2.42. The maximum absolute atomic E-state index is 11.7. The Balaban J connectivity index is 2.82. The first-order valence-corrected chi connectivity index (χ1v) is 5.57. The number of carbonyl (C=O) groups is 3. The molecule has 0 saturated carbocycles. The van der Waals surface area contributed by atoms with Crippen molar-refractivity contribution in [1.82, 2.24) is 10.3 Å². The predicted octanol–water partition coefficient (Wildman–Crippen LogP) is 0.502. The van der Waals surface area contributed by atoms with Crippen LogP contribution in [0.4, 0.5) is 0 Å². The minimum Gasteiger partial charge on any atom is -0.481 e. The molecule has 1 aromatic rings. The molecule has 0 radical (unpaired) electrons. The molecule has 1 atom stereocenters. The molecular formula is C10H9BrN2O5. The number of aliphatic carboxylic acids is 2. The van der Waals surface area contributed by atoms with Crippen molar-refractivity contribution < 1.29 is 24.6 Å². The summed E-state index contributed by atoms with van der Waals surface area (Å²) in [5.41, 5.74) is -0.00543. The van der Waals surface area contributed by atoms with Gasteiger partial charge in [0.05, 0.1) is 6.42 Å². The van der Waals surface area contributed by atoms with Gasteiger partial charge in [0, 0.05) is 10.7 Å². The van der Waals surface area contributed by atoms with Crippen molar-refractivity contribution in [2.75, 3.05) is 0 Å². The van der Waals surface area contributed by atoms with Gasteiger partial charge in [-0.05, 0) is 28.1 Å². The number of nitrogens with one attached hydrogen (secondary N) is 1. The molecule has 0 bridgehead atoms. The van der Waals surface area contributed by atoms with Crippen molar-refractivity contribution in [3.63, 3.8) is 0 Å². The lowest BCUT2D eigenvalue weighted by molar-refractivity contribution is -0.145. The third-order valence-electron chi connectivity index (χ3n) is 1.96. The van der Waals surface area contributed by atoms with Crippen molar-refractivity contribution in [3.05, 3.63) is 28.5 Å². The van der Waals surface area contributed by atoms with Crippen LogP contribution in [-0.2, 0) is 9.59 Å². The molecule has 7 nitrogen and oxygen atoms in total. The van der Waals surface area contributed by atoms with Crippen molar-refractivity contribution >= 4 is 33.8 Å². The van der Waals surface area contributed by atoms with Gasteiger partial charge in [-0.1, -0.05) is 0 Å². The van der Waals surface area contributed by atoms with E-state index in [0.717, 1.165) is 0 Å². The van der Waals surface area contributed by atoms with Gasteiger partial charge in [0.25, 0.3) is 5.91 Å². The van der Waals surface area contributed by atoms with E-state index in [1.165, 1.54) is 6.20 Å². The van der Waals surface area contributed by atoms with E-state index >= 15 is 0 Å². The van der Waals surface area contributed by atoms with Crippen LogP contribution in [0, 0.1) is 0 Å². The molecule has 1 rings (SSSR count). The van der Waals surface area contributed by atoms with Crippen LogP contribution >= 0.6 is 15.9 Å². The van der Waals surface area contributed by atoms with E-state index in [1.54, 1.807) is 12.1 Å². The lowest BCUT2D eigenvalue weighted by Gasteiger charge is -2.12.